The van der Waals surface area contributed by atoms with Crippen LogP contribution in [-0.4, -0.2) is 22.7 Å². The number of fused-ring (bicyclic) bond motifs is 1. The van der Waals surface area contributed by atoms with E-state index in [2.05, 4.69) is 4.98 Å². The Labute approximate surface area is 142 Å². The fraction of sp³-hybridized carbons (Fsp3) is 0.444. The third-order valence-electron chi connectivity index (χ3n) is 3.38. The zero-order chi connectivity index (χ0) is 16.1. The van der Waals surface area contributed by atoms with Crippen LogP contribution in [0.25, 0.3) is 10.6 Å². The molecule has 0 bridgehead atoms. The summed E-state index contributed by atoms with van der Waals surface area (Å²) in [5.41, 5.74) is 2.01. The quantitative estimate of drug-likeness (QED) is 0.842. The van der Waals surface area contributed by atoms with E-state index in [-0.39, 0.29) is 25.1 Å². The molecule has 1 atom stereocenters. The first-order valence-corrected chi connectivity index (χ1v) is 8.43. The van der Waals surface area contributed by atoms with Gasteiger partial charge in [-0.1, -0.05) is 21.3 Å². The van der Waals surface area contributed by atoms with Crippen molar-refractivity contribution in [1.82, 2.24) is 4.98 Å². The first-order valence-electron chi connectivity index (χ1n) is 7.62. The Morgan fingerprint density at radius 3 is 2.52 bits per heavy atom. The van der Waals surface area contributed by atoms with Crippen LogP contribution in [0.2, 0.25) is 0 Å². The number of esters is 1. The predicted octanol–water partition coefficient (Wildman–Crippen LogP) is 4.46. The molecule has 1 aromatic carbocycles. The molecule has 0 saturated carbocycles. The van der Waals surface area contributed by atoms with Gasteiger partial charge in [-0.25, -0.2) is 4.98 Å². The number of rotatable bonds is 3. The van der Waals surface area contributed by atoms with Crippen molar-refractivity contribution in [3.8, 4) is 16.3 Å². The Bertz CT molecular complexity index is 611. The third kappa shape index (κ3) is 4.32. The van der Waals surface area contributed by atoms with E-state index in [1.54, 1.807) is 23.5 Å². The molecule has 0 aliphatic heterocycles. The average Bonchev–Trinajstić information content (AvgIpc) is 3.09. The number of benzene rings is 1. The fourth-order valence-electron chi connectivity index (χ4n) is 2.39. The van der Waals surface area contributed by atoms with Crippen LogP contribution in [0.1, 0.15) is 38.8 Å². The molecule has 1 unspecified atom stereocenters. The van der Waals surface area contributed by atoms with Crippen molar-refractivity contribution in [3.63, 3.8) is 0 Å². The number of aromatic hydroxyl groups is 1. The molecule has 1 aliphatic rings. The number of carbonyl (C=O) groups is 1. The highest BCUT2D eigenvalue weighted by molar-refractivity contribution is 7.15. The van der Waals surface area contributed by atoms with E-state index in [1.165, 1.54) is 4.88 Å². The van der Waals surface area contributed by atoms with Crippen molar-refractivity contribution in [2.45, 2.75) is 41.0 Å². The second kappa shape index (κ2) is 8.67. The van der Waals surface area contributed by atoms with Gasteiger partial charge in [-0.3, -0.25) is 4.79 Å². The molecule has 4 nitrogen and oxygen atoms in total. The minimum atomic E-state index is -0.121. The number of ether oxygens (including phenoxy) is 1. The summed E-state index contributed by atoms with van der Waals surface area (Å²) in [6.45, 7) is 6.25. The van der Waals surface area contributed by atoms with E-state index >= 15 is 0 Å². The van der Waals surface area contributed by atoms with Crippen LogP contribution in [-0.2, 0) is 22.4 Å². The molecule has 0 fully saturated rings. The van der Waals surface area contributed by atoms with Crippen LogP contribution in [0.5, 0.6) is 5.75 Å². The lowest BCUT2D eigenvalue weighted by Gasteiger charge is -2.07. The molecule has 1 heterocycles. The largest absolute Gasteiger partial charge is 0.508 e. The lowest BCUT2D eigenvalue weighted by molar-refractivity contribution is -0.147. The van der Waals surface area contributed by atoms with Crippen LogP contribution in [0.15, 0.2) is 24.3 Å². The molecule has 0 saturated heterocycles. The summed E-state index contributed by atoms with van der Waals surface area (Å²) < 4.78 is 5.06. The van der Waals surface area contributed by atoms with E-state index < -0.39 is 0 Å². The highest BCUT2D eigenvalue weighted by Gasteiger charge is 2.31. The van der Waals surface area contributed by atoms with Crippen molar-refractivity contribution in [1.29, 1.82) is 0 Å². The third-order valence-corrected chi connectivity index (χ3v) is 4.55. The van der Waals surface area contributed by atoms with Crippen LogP contribution < -0.4 is 0 Å². The van der Waals surface area contributed by atoms with Gasteiger partial charge in [-0.15, -0.1) is 11.3 Å². The van der Waals surface area contributed by atoms with Gasteiger partial charge in [0.2, 0.25) is 0 Å². The van der Waals surface area contributed by atoms with Crippen molar-refractivity contribution in [3.05, 3.63) is 34.8 Å². The molecular formula is C18H25NO3S. The molecule has 3 rings (SSSR count). The summed E-state index contributed by atoms with van der Waals surface area (Å²) in [4.78, 5) is 17.5. The molecule has 2 aromatic rings. The van der Waals surface area contributed by atoms with Gasteiger partial charge < -0.3 is 9.84 Å². The van der Waals surface area contributed by atoms with E-state index in [0.717, 1.165) is 22.7 Å². The van der Waals surface area contributed by atoms with E-state index in [4.69, 9.17) is 4.74 Å². The van der Waals surface area contributed by atoms with Crippen LogP contribution in [0.3, 0.4) is 0 Å². The molecule has 1 aliphatic carbocycles. The van der Waals surface area contributed by atoms with Gasteiger partial charge in [0.05, 0.1) is 18.2 Å². The van der Waals surface area contributed by atoms with Gasteiger partial charge in [0.25, 0.3) is 0 Å². The monoisotopic (exact) mass is 335 g/mol. The van der Waals surface area contributed by atoms with Crippen molar-refractivity contribution < 1.29 is 14.6 Å². The van der Waals surface area contributed by atoms with E-state index in [9.17, 15) is 9.90 Å². The Kier molecular flexibility index (Phi) is 7.23. The summed E-state index contributed by atoms with van der Waals surface area (Å²) in [7, 11) is 0. The van der Waals surface area contributed by atoms with Crippen molar-refractivity contribution in [2.24, 2.45) is 5.92 Å². The number of carbonyl (C=O) groups excluding carboxylic acids is 1. The number of phenolic OH excluding ortho intramolecular Hbond substituents is 1. The van der Waals surface area contributed by atoms with Crippen molar-refractivity contribution >= 4 is 17.3 Å². The number of aromatic nitrogens is 1. The van der Waals surface area contributed by atoms with Crippen LogP contribution in [0.4, 0.5) is 0 Å². The Morgan fingerprint density at radius 1 is 1.30 bits per heavy atom. The molecule has 23 heavy (non-hydrogen) atoms. The van der Waals surface area contributed by atoms with Gasteiger partial charge in [-0.2, -0.15) is 0 Å². The second-order valence-corrected chi connectivity index (χ2v) is 5.88. The maximum absolute atomic E-state index is 11.7. The number of phenols is 1. The van der Waals surface area contributed by atoms with E-state index in [1.807, 2.05) is 32.9 Å². The zero-order valence-corrected chi connectivity index (χ0v) is 13.9. The Balaban J connectivity index is 0.000000849. The van der Waals surface area contributed by atoms with Crippen LogP contribution >= 0.6 is 11.3 Å². The molecule has 126 valence electrons. The van der Waals surface area contributed by atoms with Crippen LogP contribution in [0, 0.1) is 5.92 Å². The topological polar surface area (TPSA) is 59.4 Å². The summed E-state index contributed by atoms with van der Waals surface area (Å²) in [6.07, 6.45) is 1.40. The SMILES string of the molecule is C.CC.CCOC(=O)C1Cc2nc(-c3ccc(O)cc3)sc2C1. The molecular weight excluding hydrogens is 310 g/mol. The average molecular weight is 335 g/mol. The van der Waals surface area contributed by atoms with Gasteiger partial charge in [0, 0.05) is 16.9 Å². The number of hydrogen-bond donors (Lipinski definition) is 1. The summed E-state index contributed by atoms with van der Waals surface area (Å²) in [5.74, 6) is 0.0571. The number of nitrogens with zero attached hydrogens (tertiary/aromatic N) is 1. The number of hydrogen-bond acceptors (Lipinski definition) is 5. The summed E-state index contributed by atoms with van der Waals surface area (Å²) >= 11 is 1.62. The lowest BCUT2D eigenvalue weighted by atomic mass is 10.1. The molecule has 0 radical (unpaired) electrons. The predicted molar refractivity (Wildman–Crippen MR) is 94.8 cm³/mol. The molecule has 0 spiro atoms. The van der Waals surface area contributed by atoms with Gasteiger partial charge in [-0.05, 0) is 37.6 Å². The standard InChI is InChI=1S/C15H15NO3S.C2H6.CH4/c1-2-19-15(18)10-7-12-13(8-10)20-14(16-12)9-3-5-11(17)6-4-9;1-2;/h3-6,10,17H,2,7-8H2,1H3;1-2H3;1H4. The summed E-state index contributed by atoms with van der Waals surface area (Å²) in [6, 6.07) is 7.02. The Morgan fingerprint density at radius 2 is 1.96 bits per heavy atom. The first-order chi connectivity index (χ1) is 10.7. The minimum Gasteiger partial charge on any atom is -0.508 e. The number of thiazole rings is 1. The van der Waals surface area contributed by atoms with Gasteiger partial charge in [0.1, 0.15) is 10.8 Å². The lowest BCUT2D eigenvalue weighted by Crippen LogP contribution is -2.18. The highest BCUT2D eigenvalue weighted by atomic mass is 32.1. The molecule has 0 amide bonds. The maximum Gasteiger partial charge on any atom is 0.309 e. The minimum absolute atomic E-state index is 0. The molecule has 1 aromatic heterocycles. The summed E-state index contributed by atoms with van der Waals surface area (Å²) in [5, 5.41) is 10.2. The fourth-order valence-corrected chi connectivity index (χ4v) is 3.56. The molecule has 1 N–H and O–H groups in total. The van der Waals surface area contributed by atoms with E-state index in [0.29, 0.717) is 13.0 Å². The first kappa shape index (κ1) is 19.2. The van der Waals surface area contributed by atoms with Crippen molar-refractivity contribution in [2.75, 3.05) is 6.61 Å². The second-order valence-electron chi connectivity index (χ2n) is 4.79. The normalized spacial score (nSPS) is 15.0. The highest BCUT2D eigenvalue weighted by Crippen LogP contribution is 2.36. The zero-order valence-electron chi connectivity index (χ0n) is 13.1. The smallest absolute Gasteiger partial charge is 0.309 e. The Hall–Kier alpha value is -1.88. The van der Waals surface area contributed by atoms with Gasteiger partial charge in [0.15, 0.2) is 0 Å². The maximum atomic E-state index is 11.7. The molecule has 5 heteroatoms. The van der Waals surface area contributed by atoms with Gasteiger partial charge >= 0.3 is 5.97 Å².